The van der Waals surface area contributed by atoms with E-state index in [0.717, 1.165) is 6.07 Å². The number of nitrogens with zero attached hydrogens (tertiary/aromatic N) is 4. The van der Waals surface area contributed by atoms with Crippen molar-refractivity contribution < 1.29 is 45.8 Å². The smallest absolute Gasteiger partial charge is 0.426 e. The first-order valence-corrected chi connectivity index (χ1v) is 13.7. The first-order chi connectivity index (χ1) is 20.3. The summed E-state index contributed by atoms with van der Waals surface area (Å²) in [5.41, 5.74) is -3.74. The van der Waals surface area contributed by atoms with Crippen molar-refractivity contribution in [2.75, 3.05) is 11.9 Å². The van der Waals surface area contributed by atoms with E-state index in [0.29, 0.717) is 5.56 Å². The topological polar surface area (TPSA) is 131 Å². The molecule has 3 aromatic rings. The Labute approximate surface area is 249 Å². The number of pyridine rings is 1. The van der Waals surface area contributed by atoms with Gasteiger partial charge in [-0.05, 0) is 34.0 Å². The van der Waals surface area contributed by atoms with Gasteiger partial charge >= 0.3 is 12.3 Å². The molecule has 1 atom stereocenters. The van der Waals surface area contributed by atoms with Gasteiger partial charge in [-0.15, -0.1) is 10.2 Å². The molecule has 1 fully saturated rings. The van der Waals surface area contributed by atoms with Crippen molar-refractivity contribution in [2.24, 2.45) is 0 Å². The highest BCUT2D eigenvalue weighted by atomic mass is 79.9. The standard InChI is InChI=1S/C27H23BrF5N5O5/c28-17-11-18(34-24(40)41)20-21-36-37-23(43-21)26(27(31,32)33,42-14-15-7-3-1-4-8-15)9-5-2-6-10-38(22(39)19(17)35-20)16-12-25(29,30)13-16/h1-5,7-8,11,16,34H,6,9-10,12-14H2,(H,40,41). The highest BCUT2D eigenvalue weighted by molar-refractivity contribution is 9.10. The second-order valence-corrected chi connectivity index (χ2v) is 10.9. The minimum Gasteiger partial charge on any atom is -0.465 e. The van der Waals surface area contributed by atoms with Crippen molar-refractivity contribution in [1.82, 2.24) is 20.1 Å². The van der Waals surface area contributed by atoms with Crippen LogP contribution in [0.5, 0.6) is 0 Å². The Morgan fingerprint density at radius 2 is 1.88 bits per heavy atom. The van der Waals surface area contributed by atoms with E-state index in [1.165, 1.54) is 17.1 Å². The summed E-state index contributed by atoms with van der Waals surface area (Å²) in [5, 5.41) is 18.7. The fraction of sp³-hybridized carbons (Fsp3) is 0.370. The van der Waals surface area contributed by atoms with E-state index in [1.54, 1.807) is 30.3 Å². The summed E-state index contributed by atoms with van der Waals surface area (Å²) in [5.74, 6) is -5.32. The molecule has 2 aromatic heterocycles. The van der Waals surface area contributed by atoms with Crippen LogP contribution in [0.4, 0.5) is 32.4 Å². The van der Waals surface area contributed by atoms with Crippen molar-refractivity contribution >= 4 is 33.6 Å². The van der Waals surface area contributed by atoms with Crippen LogP contribution < -0.4 is 5.32 Å². The monoisotopic (exact) mass is 671 g/mol. The number of benzene rings is 1. The molecule has 43 heavy (non-hydrogen) atoms. The van der Waals surface area contributed by atoms with Gasteiger partial charge in [-0.25, -0.2) is 18.6 Å². The number of carboxylic acid groups (broad SMARTS) is 1. The number of halogens is 6. The number of carbonyl (C=O) groups excluding carboxylic acids is 1. The Bertz CT molecular complexity index is 1540. The predicted molar refractivity (Wildman–Crippen MR) is 143 cm³/mol. The fourth-order valence-electron chi connectivity index (χ4n) is 4.82. The fourth-order valence-corrected chi connectivity index (χ4v) is 5.31. The van der Waals surface area contributed by atoms with Gasteiger partial charge in [0.2, 0.25) is 5.60 Å². The maximum Gasteiger partial charge on any atom is 0.426 e. The number of anilines is 1. The van der Waals surface area contributed by atoms with E-state index in [2.05, 4.69) is 31.1 Å². The summed E-state index contributed by atoms with van der Waals surface area (Å²) >= 11 is 3.17. The zero-order chi connectivity index (χ0) is 31.0. The Morgan fingerprint density at radius 1 is 1.16 bits per heavy atom. The average molecular weight is 672 g/mol. The number of hydrogen-bond acceptors (Lipinski definition) is 7. The van der Waals surface area contributed by atoms with E-state index in [9.17, 15) is 36.6 Å². The second-order valence-electron chi connectivity index (χ2n) is 10.0. The van der Waals surface area contributed by atoms with Crippen LogP contribution in [0.15, 0.2) is 57.4 Å². The van der Waals surface area contributed by atoms with E-state index in [4.69, 9.17) is 9.15 Å². The minimum absolute atomic E-state index is 0.000656. The van der Waals surface area contributed by atoms with Gasteiger partial charge in [-0.1, -0.05) is 42.5 Å². The number of carbonyl (C=O) groups is 2. The third kappa shape index (κ3) is 6.25. The Hall–Kier alpha value is -3.92. The Balaban J connectivity index is 1.64. The van der Waals surface area contributed by atoms with Crippen LogP contribution in [0, 0.1) is 0 Å². The van der Waals surface area contributed by atoms with Crippen molar-refractivity contribution in [3.63, 3.8) is 0 Å². The lowest BCUT2D eigenvalue weighted by Crippen LogP contribution is -2.53. The summed E-state index contributed by atoms with van der Waals surface area (Å²) in [6.07, 6.45) is -6.02. The lowest BCUT2D eigenvalue weighted by atomic mass is 9.86. The van der Waals surface area contributed by atoms with Gasteiger partial charge in [0, 0.05) is 31.8 Å². The van der Waals surface area contributed by atoms with E-state index < -0.39 is 79.1 Å². The van der Waals surface area contributed by atoms with Crippen molar-refractivity contribution in [3.05, 3.63) is 70.2 Å². The third-order valence-electron chi connectivity index (χ3n) is 7.06. The zero-order valence-corrected chi connectivity index (χ0v) is 23.7. The summed E-state index contributed by atoms with van der Waals surface area (Å²) < 4.78 is 83.2. The van der Waals surface area contributed by atoms with Crippen molar-refractivity contribution in [1.29, 1.82) is 0 Å². The lowest BCUT2D eigenvalue weighted by molar-refractivity contribution is -0.295. The Kier molecular flexibility index (Phi) is 8.26. The number of nitrogens with one attached hydrogen (secondary N) is 1. The van der Waals surface area contributed by atoms with Crippen LogP contribution in [0.3, 0.4) is 0 Å². The van der Waals surface area contributed by atoms with E-state index in [-0.39, 0.29) is 28.8 Å². The van der Waals surface area contributed by atoms with Gasteiger partial charge in [-0.2, -0.15) is 13.2 Å². The maximum atomic E-state index is 14.9. The predicted octanol–water partition coefficient (Wildman–Crippen LogP) is 6.55. The quantitative estimate of drug-likeness (QED) is 0.231. The molecule has 5 rings (SSSR count). The molecule has 1 aliphatic heterocycles. The van der Waals surface area contributed by atoms with E-state index >= 15 is 0 Å². The lowest BCUT2D eigenvalue weighted by Gasteiger charge is -2.42. The molecule has 16 heteroatoms. The maximum absolute atomic E-state index is 14.9. The second kappa shape index (κ2) is 11.6. The molecule has 1 aromatic carbocycles. The Morgan fingerprint density at radius 3 is 2.53 bits per heavy atom. The van der Waals surface area contributed by atoms with Crippen LogP contribution in [-0.4, -0.2) is 61.9 Å². The SMILES string of the molecule is O=C(O)Nc1cc(Br)c2nc1-c1nnc(o1)C(OCc1ccccc1)(C(F)(F)F)CC=CCCN(C1CC(F)(F)C1)C2=O. The molecule has 4 bridgehead atoms. The number of amides is 2. The molecule has 0 radical (unpaired) electrons. The van der Waals surface area contributed by atoms with Gasteiger partial charge in [0.05, 0.1) is 16.8 Å². The van der Waals surface area contributed by atoms with Crippen LogP contribution in [-0.2, 0) is 16.9 Å². The van der Waals surface area contributed by atoms with Gasteiger partial charge in [0.1, 0.15) is 5.69 Å². The summed E-state index contributed by atoms with van der Waals surface area (Å²) in [7, 11) is 0. The summed E-state index contributed by atoms with van der Waals surface area (Å²) in [4.78, 5) is 30.4. The summed E-state index contributed by atoms with van der Waals surface area (Å²) in [6.45, 7) is -0.576. The van der Waals surface area contributed by atoms with Gasteiger partial charge < -0.3 is 19.2 Å². The van der Waals surface area contributed by atoms with Gasteiger partial charge in [0.25, 0.3) is 23.6 Å². The van der Waals surface area contributed by atoms with Crippen LogP contribution in [0.1, 0.15) is 47.6 Å². The highest BCUT2D eigenvalue weighted by Crippen LogP contribution is 2.47. The molecule has 2 aliphatic rings. The largest absolute Gasteiger partial charge is 0.465 e. The van der Waals surface area contributed by atoms with Crippen LogP contribution in [0.25, 0.3) is 11.6 Å². The van der Waals surface area contributed by atoms with Crippen molar-refractivity contribution in [3.8, 4) is 11.6 Å². The molecule has 2 N–H and O–H groups in total. The molecule has 2 amide bonds. The first kappa shape index (κ1) is 30.5. The van der Waals surface area contributed by atoms with Crippen LogP contribution in [0.2, 0.25) is 0 Å². The van der Waals surface area contributed by atoms with E-state index in [1.807, 2.05) is 5.32 Å². The zero-order valence-electron chi connectivity index (χ0n) is 22.1. The number of rotatable bonds is 5. The van der Waals surface area contributed by atoms with Crippen LogP contribution >= 0.6 is 15.9 Å². The number of hydrogen-bond donors (Lipinski definition) is 2. The molecule has 1 aliphatic carbocycles. The number of fused-ring (bicyclic) bond motifs is 5. The molecule has 0 spiro atoms. The first-order valence-electron chi connectivity index (χ1n) is 12.9. The third-order valence-corrected chi connectivity index (χ3v) is 7.66. The molecule has 0 saturated heterocycles. The highest BCUT2D eigenvalue weighted by Gasteiger charge is 2.61. The molecular formula is C27H23BrF5N5O5. The van der Waals surface area contributed by atoms with Gasteiger partial charge in [0.15, 0.2) is 5.69 Å². The minimum atomic E-state index is -5.08. The number of ether oxygens (including phenoxy) is 1. The molecular weight excluding hydrogens is 649 g/mol. The molecule has 10 nitrogen and oxygen atoms in total. The summed E-state index contributed by atoms with van der Waals surface area (Å²) in [6, 6.07) is 8.42. The normalized spacial score (nSPS) is 20.8. The average Bonchev–Trinajstić information content (AvgIpc) is 3.40. The number of aromatic nitrogens is 3. The number of alkyl halides is 5. The molecule has 1 unspecified atom stereocenters. The van der Waals surface area contributed by atoms with Gasteiger partial charge in [-0.3, -0.25) is 10.1 Å². The molecule has 3 heterocycles. The van der Waals surface area contributed by atoms with Crippen molar-refractivity contribution in [2.45, 2.75) is 56.0 Å². The molecule has 1 saturated carbocycles. The molecule has 228 valence electrons.